The molecule has 0 spiro atoms. The van der Waals surface area contributed by atoms with Crippen molar-refractivity contribution in [2.24, 2.45) is 5.10 Å². The number of benzene rings is 1. The smallest absolute Gasteiger partial charge is 0.254 e. The van der Waals surface area contributed by atoms with Gasteiger partial charge >= 0.3 is 0 Å². The fourth-order valence-corrected chi connectivity index (χ4v) is 3.67. The largest absolute Gasteiger partial charge is 0.333 e. The second kappa shape index (κ2) is 8.68. The number of nitrogens with one attached hydrogen (secondary N) is 2. The maximum atomic E-state index is 12.0. The van der Waals surface area contributed by atoms with E-state index >= 15 is 0 Å². The van der Waals surface area contributed by atoms with Gasteiger partial charge in [-0.2, -0.15) is 5.10 Å². The monoisotopic (exact) mass is 350 g/mol. The summed E-state index contributed by atoms with van der Waals surface area (Å²) in [6.45, 7) is 2.84. The third kappa shape index (κ3) is 4.14. The highest BCUT2D eigenvalue weighted by Gasteiger charge is 2.14. The van der Waals surface area contributed by atoms with E-state index in [1.807, 2.05) is 31.2 Å². The Morgan fingerprint density at radius 2 is 2.12 bits per heavy atom. The van der Waals surface area contributed by atoms with Crippen molar-refractivity contribution in [3.8, 4) is 12.3 Å². The molecule has 0 aliphatic heterocycles. The van der Waals surface area contributed by atoms with Gasteiger partial charge in [0.15, 0.2) is 0 Å². The number of amides is 1. The predicted octanol–water partition coefficient (Wildman–Crippen LogP) is 2.96. The lowest BCUT2D eigenvalue weighted by molar-refractivity contribution is -0.120. The van der Waals surface area contributed by atoms with Gasteiger partial charge in [-0.05, 0) is 25.8 Å². The topological polar surface area (TPSA) is 58.4 Å². The molecule has 1 aromatic carbocycles. The van der Waals surface area contributed by atoms with Gasteiger partial charge in [0.25, 0.3) is 5.91 Å². The normalized spacial score (nSPS) is 15.4. The maximum Gasteiger partial charge on any atom is 0.254 e. The summed E-state index contributed by atoms with van der Waals surface area (Å²) in [5.41, 5.74) is 5.73. The molecule has 1 heterocycles. The first kappa shape index (κ1) is 18.2. The Morgan fingerprint density at radius 1 is 1.35 bits per heavy atom. The molecule has 0 unspecified atom stereocenters. The molecular weight excluding hydrogens is 324 g/mol. The van der Waals surface area contributed by atoms with Crippen LogP contribution < -0.4 is 10.7 Å². The summed E-state index contributed by atoms with van der Waals surface area (Å²) in [7, 11) is 0. The highest BCUT2D eigenvalue weighted by molar-refractivity contribution is 6.01. The molecule has 2 aromatic rings. The van der Waals surface area contributed by atoms with Crippen LogP contribution in [-0.4, -0.2) is 29.3 Å². The van der Waals surface area contributed by atoms with Crippen LogP contribution in [0.25, 0.3) is 10.9 Å². The van der Waals surface area contributed by atoms with E-state index in [0.717, 1.165) is 35.0 Å². The van der Waals surface area contributed by atoms with Crippen LogP contribution in [0.4, 0.5) is 0 Å². The molecule has 1 aromatic heterocycles. The highest BCUT2D eigenvalue weighted by atomic mass is 16.2. The molecule has 136 valence electrons. The molecule has 0 bridgehead atoms. The molecule has 1 saturated carbocycles. The van der Waals surface area contributed by atoms with Crippen molar-refractivity contribution >= 4 is 23.0 Å². The van der Waals surface area contributed by atoms with Gasteiger partial charge in [0.2, 0.25) is 0 Å². The molecule has 5 nitrogen and oxygen atoms in total. The molecular formula is C21H26N4O. The number of hydrogen-bond donors (Lipinski definition) is 2. The summed E-state index contributed by atoms with van der Waals surface area (Å²) in [6, 6.07) is 8.54. The third-order valence-corrected chi connectivity index (χ3v) is 5.07. The van der Waals surface area contributed by atoms with Crippen LogP contribution in [0.2, 0.25) is 0 Å². The van der Waals surface area contributed by atoms with Gasteiger partial charge in [-0.15, -0.1) is 6.42 Å². The Kier molecular flexibility index (Phi) is 6.08. The number of aromatic nitrogens is 1. The number of nitrogens with zero attached hydrogens (tertiary/aromatic N) is 2. The summed E-state index contributed by atoms with van der Waals surface area (Å²) in [6.07, 6.45) is 13.3. The number of hydrazone groups is 1. The number of fused-ring (bicyclic) bond motifs is 1. The van der Waals surface area contributed by atoms with Crippen LogP contribution >= 0.6 is 0 Å². The summed E-state index contributed by atoms with van der Waals surface area (Å²) in [4.78, 5) is 12.0. The molecule has 2 N–H and O–H groups in total. The van der Waals surface area contributed by atoms with Gasteiger partial charge in [0.1, 0.15) is 0 Å². The SMILES string of the molecule is C#CCn1c(C)c(/C=N\NC(=O)CNC2CCCCC2)c2ccccc21. The van der Waals surface area contributed by atoms with Gasteiger partial charge in [-0.3, -0.25) is 4.79 Å². The van der Waals surface area contributed by atoms with Crippen LogP contribution in [0.3, 0.4) is 0 Å². The third-order valence-electron chi connectivity index (χ3n) is 5.07. The van der Waals surface area contributed by atoms with Gasteiger partial charge < -0.3 is 9.88 Å². The van der Waals surface area contributed by atoms with Crippen molar-refractivity contribution in [2.45, 2.75) is 51.6 Å². The fourth-order valence-electron chi connectivity index (χ4n) is 3.67. The van der Waals surface area contributed by atoms with Crippen molar-refractivity contribution in [2.75, 3.05) is 6.54 Å². The van der Waals surface area contributed by atoms with E-state index in [4.69, 9.17) is 6.42 Å². The molecule has 26 heavy (non-hydrogen) atoms. The first-order chi connectivity index (χ1) is 12.7. The zero-order valence-electron chi connectivity index (χ0n) is 15.3. The number of carbonyl (C=O) groups excluding carboxylic acids is 1. The maximum absolute atomic E-state index is 12.0. The van der Waals surface area contributed by atoms with Crippen LogP contribution in [-0.2, 0) is 11.3 Å². The van der Waals surface area contributed by atoms with E-state index in [-0.39, 0.29) is 5.91 Å². The highest BCUT2D eigenvalue weighted by Crippen LogP contribution is 2.24. The van der Waals surface area contributed by atoms with E-state index < -0.39 is 0 Å². The lowest BCUT2D eigenvalue weighted by atomic mass is 9.95. The zero-order chi connectivity index (χ0) is 18.4. The van der Waals surface area contributed by atoms with Crippen LogP contribution in [0, 0.1) is 19.3 Å². The van der Waals surface area contributed by atoms with E-state index in [0.29, 0.717) is 19.1 Å². The lowest BCUT2D eigenvalue weighted by Crippen LogP contribution is -2.38. The van der Waals surface area contributed by atoms with E-state index in [1.54, 1.807) is 6.21 Å². The average molecular weight is 350 g/mol. The molecule has 1 aliphatic carbocycles. The minimum absolute atomic E-state index is 0.114. The van der Waals surface area contributed by atoms with Crippen molar-refractivity contribution in [1.82, 2.24) is 15.3 Å². The Morgan fingerprint density at radius 3 is 2.88 bits per heavy atom. The van der Waals surface area contributed by atoms with Gasteiger partial charge in [-0.25, -0.2) is 5.43 Å². The minimum atomic E-state index is -0.114. The lowest BCUT2D eigenvalue weighted by Gasteiger charge is -2.22. The fraction of sp³-hybridized carbons (Fsp3) is 0.429. The summed E-state index contributed by atoms with van der Waals surface area (Å²) in [5, 5.41) is 8.56. The first-order valence-corrected chi connectivity index (χ1v) is 9.27. The Hall–Kier alpha value is -2.58. The quantitative estimate of drug-likeness (QED) is 0.478. The molecule has 3 rings (SSSR count). The number of hydrogen-bond acceptors (Lipinski definition) is 3. The minimum Gasteiger partial charge on any atom is -0.333 e. The summed E-state index contributed by atoms with van der Waals surface area (Å²) in [5.74, 6) is 2.58. The van der Waals surface area contributed by atoms with Gasteiger partial charge in [-0.1, -0.05) is 43.4 Å². The van der Waals surface area contributed by atoms with Crippen LogP contribution in [0.5, 0.6) is 0 Å². The second-order valence-electron chi connectivity index (χ2n) is 6.82. The number of rotatable bonds is 6. The van der Waals surface area contributed by atoms with E-state index in [1.165, 1.54) is 19.3 Å². The summed E-state index contributed by atoms with van der Waals surface area (Å²) < 4.78 is 2.09. The first-order valence-electron chi connectivity index (χ1n) is 9.27. The molecule has 1 amide bonds. The average Bonchev–Trinajstić information content (AvgIpc) is 2.93. The van der Waals surface area contributed by atoms with Crippen LogP contribution in [0.1, 0.15) is 43.4 Å². The Labute approximate surface area is 154 Å². The molecule has 0 saturated heterocycles. The number of carbonyl (C=O) groups is 1. The molecule has 0 radical (unpaired) electrons. The summed E-state index contributed by atoms with van der Waals surface area (Å²) >= 11 is 0. The second-order valence-corrected chi connectivity index (χ2v) is 6.82. The number of para-hydroxylation sites is 1. The van der Waals surface area contributed by atoms with Gasteiger partial charge in [0.05, 0.1) is 19.3 Å². The Bertz CT molecular complexity index is 838. The van der Waals surface area contributed by atoms with Crippen molar-refractivity contribution < 1.29 is 4.79 Å². The van der Waals surface area contributed by atoms with Gasteiger partial charge in [0, 0.05) is 28.2 Å². The van der Waals surface area contributed by atoms with E-state index in [2.05, 4.69) is 26.3 Å². The predicted molar refractivity (Wildman–Crippen MR) is 106 cm³/mol. The van der Waals surface area contributed by atoms with Crippen molar-refractivity contribution in [3.05, 3.63) is 35.5 Å². The van der Waals surface area contributed by atoms with E-state index in [9.17, 15) is 4.79 Å². The van der Waals surface area contributed by atoms with Crippen molar-refractivity contribution in [3.63, 3.8) is 0 Å². The zero-order valence-corrected chi connectivity index (χ0v) is 15.3. The molecule has 5 heteroatoms. The molecule has 0 atom stereocenters. The van der Waals surface area contributed by atoms with Crippen molar-refractivity contribution in [1.29, 1.82) is 0 Å². The molecule has 1 fully saturated rings. The van der Waals surface area contributed by atoms with Crippen LogP contribution in [0.15, 0.2) is 29.4 Å². The molecule has 1 aliphatic rings. The standard InChI is InChI=1S/C21H26N4O/c1-3-13-25-16(2)19(18-11-7-8-12-20(18)25)14-23-24-21(26)15-22-17-9-5-4-6-10-17/h1,7-8,11-12,14,17,22H,4-6,9-10,13,15H2,2H3,(H,24,26)/b23-14-. The Balaban J connectivity index is 1.64. The number of terminal acetylenes is 1.